The number of nitrogens with zero attached hydrogens (tertiary/aromatic N) is 3. The second-order valence-electron chi connectivity index (χ2n) is 8.47. The Kier molecular flexibility index (Phi) is 10.4. The lowest BCUT2D eigenvalue weighted by atomic mass is 10.1. The summed E-state index contributed by atoms with van der Waals surface area (Å²) in [5, 5.41) is 14.1. The van der Waals surface area contributed by atoms with E-state index in [0.717, 1.165) is 39.5 Å². The van der Waals surface area contributed by atoms with Crippen molar-refractivity contribution in [3.05, 3.63) is 68.2 Å². The van der Waals surface area contributed by atoms with E-state index in [0.29, 0.717) is 12.1 Å². The summed E-state index contributed by atoms with van der Waals surface area (Å²) >= 11 is 3.37. The first-order valence-corrected chi connectivity index (χ1v) is 14.0. The normalized spacial score (nSPS) is 12.0. The number of non-ortho nitro benzene ring substituents is 1. The molecule has 0 aliphatic heterocycles. The smallest absolute Gasteiger partial charge is 0.271 e. The monoisotopic (exact) mass is 582 g/mol. The fraction of sp³-hybridized carbons (Fsp3) is 0.417. The molecule has 2 aromatic rings. The van der Waals surface area contributed by atoms with Crippen molar-refractivity contribution in [3.63, 3.8) is 0 Å². The summed E-state index contributed by atoms with van der Waals surface area (Å²) in [5.41, 5.74) is 0.927. The predicted molar refractivity (Wildman–Crippen MR) is 142 cm³/mol. The number of benzene rings is 2. The molecule has 12 heteroatoms. The van der Waals surface area contributed by atoms with Crippen LogP contribution in [0.3, 0.4) is 0 Å². The Bertz CT molecular complexity index is 1200. The number of carbonyl (C=O) groups is 2. The molecule has 2 aromatic carbocycles. The number of nitrogens with one attached hydrogen (secondary N) is 1. The van der Waals surface area contributed by atoms with Crippen molar-refractivity contribution in [1.82, 2.24) is 10.2 Å². The third-order valence-electron chi connectivity index (χ3n) is 5.61. The highest BCUT2D eigenvalue weighted by atomic mass is 79.9. The summed E-state index contributed by atoms with van der Waals surface area (Å²) in [5.74, 6) is -0.973. The SMILES string of the molecule is CCCCNC(=O)[C@H](C)N(Cc1ccc(Br)cc1)C(=O)CN(c1cc([N+](=O)[O-])ccc1C)S(C)(=O)=O. The van der Waals surface area contributed by atoms with E-state index in [4.69, 9.17) is 0 Å². The van der Waals surface area contributed by atoms with Crippen LogP contribution in [0.2, 0.25) is 0 Å². The van der Waals surface area contributed by atoms with Gasteiger partial charge < -0.3 is 10.2 Å². The fourth-order valence-corrected chi connectivity index (χ4v) is 4.64. The molecule has 0 aliphatic rings. The van der Waals surface area contributed by atoms with Gasteiger partial charge in [-0.05, 0) is 43.5 Å². The maximum Gasteiger partial charge on any atom is 0.271 e. The number of halogens is 1. The molecule has 0 unspecified atom stereocenters. The molecule has 0 saturated carbocycles. The Hall–Kier alpha value is -2.99. The van der Waals surface area contributed by atoms with E-state index >= 15 is 0 Å². The average Bonchev–Trinajstić information content (AvgIpc) is 2.81. The molecule has 0 aliphatic carbocycles. The summed E-state index contributed by atoms with van der Waals surface area (Å²) < 4.78 is 27.1. The standard InChI is InChI=1S/C24H31BrN4O6S/c1-5-6-13-26-24(31)18(3)27(15-19-8-10-20(25)11-9-19)23(30)16-28(36(4,34)35)22-14-21(29(32)33)12-7-17(22)2/h7-12,14,18H,5-6,13,15-16H2,1-4H3,(H,26,31)/t18-/m0/s1. The van der Waals surface area contributed by atoms with Crippen LogP contribution < -0.4 is 9.62 Å². The van der Waals surface area contributed by atoms with Crippen molar-refractivity contribution in [1.29, 1.82) is 0 Å². The number of carbonyl (C=O) groups excluding carboxylic acids is 2. The molecular formula is C24H31BrN4O6S. The lowest BCUT2D eigenvalue weighted by Crippen LogP contribution is -2.51. The fourth-order valence-electron chi connectivity index (χ4n) is 3.48. The van der Waals surface area contributed by atoms with Crippen LogP contribution in [0.1, 0.15) is 37.8 Å². The quantitative estimate of drug-likeness (QED) is 0.230. The van der Waals surface area contributed by atoms with Gasteiger partial charge in [0.15, 0.2) is 0 Å². The van der Waals surface area contributed by atoms with Gasteiger partial charge >= 0.3 is 0 Å². The van der Waals surface area contributed by atoms with Crippen molar-refractivity contribution in [2.45, 2.75) is 46.2 Å². The van der Waals surface area contributed by atoms with Crippen molar-refractivity contribution < 1.29 is 22.9 Å². The van der Waals surface area contributed by atoms with E-state index in [1.54, 1.807) is 38.1 Å². The lowest BCUT2D eigenvalue weighted by molar-refractivity contribution is -0.384. The predicted octanol–water partition coefficient (Wildman–Crippen LogP) is 3.77. The molecule has 1 atom stereocenters. The van der Waals surface area contributed by atoms with Gasteiger partial charge in [0.05, 0.1) is 16.9 Å². The zero-order chi connectivity index (χ0) is 27.0. The van der Waals surface area contributed by atoms with Gasteiger partial charge in [0.1, 0.15) is 12.6 Å². The Morgan fingerprint density at radius 3 is 2.36 bits per heavy atom. The number of anilines is 1. The molecule has 2 amide bonds. The van der Waals surface area contributed by atoms with Crippen LogP contribution >= 0.6 is 15.9 Å². The molecule has 196 valence electrons. The number of hydrogen-bond donors (Lipinski definition) is 1. The third-order valence-corrected chi connectivity index (χ3v) is 7.27. The Balaban J connectivity index is 2.43. The van der Waals surface area contributed by atoms with Crippen LogP contribution in [0.4, 0.5) is 11.4 Å². The first-order chi connectivity index (χ1) is 16.8. The molecule has 0 spiro atoms. The van der Waals surface area contributed by atoms with Crippen LogP contribution in [-0.4, -0.2) is 55.4 Å². The average molecular weight is 584 g/mol. The van der Waals surface area contributed by atoms with Crippen molar-refractivity contribution in [2.75, 3.05) is 23.7 Å². The number of aryl methyl sites for hydroxylation is 1. The third kappa shape index (κ3) is 8.02. The number of hydrogen-bond acceptors (Lipinski definition) is 6. The van der Waals surface area contributed by atoms with Gasteiger partial charge in [-0.1, -0.05) is 47.5 Å². The summed E-state index contributed by atoms with van der Waals surface area (Å²) in [6.45, 7) is 5.09. The minimum absolute atomic E-state index is 0.0312. The largest absolute Gasteiger partial charge is 0.354 e. The molecule has 0 aromatic heterocycles. The van der Waals surface area contributed by atoms with Gasteiger partial charge in [-0.15, -0.1) is 0 Å². The molecule has 2 rings (SSSR count). The molecule has 0 bridgehead atoms. The first-order valence-electron chi connectivity index (χ1n) is 11.4. The van der Waals surface area contributed by atoms with Gasteiger partial charge in [0, 0.05) is 29.7 Å². The van der Waals surface area contributed by atoms with Gasteiger partial charge in [0.25, 0.3) is 5.69 Å². The molecule has 0 fully saturated rings. The number of nitro groups is 1. The van der Waals surface area contributed by atoms with Crippen LogP contribution in [-0.2, 0) is 26.2 Å². The van der Waals surface area contributed by atoms with Crippen LogP contribution in [0, 0.1) is 17.0 Å². The lowest BCUT2D eigenvalue weighted by Gasteiger charge is -2.31. The molecule has 1 N–H and O–H groups in total. The number of nitro benzene ring substituents is 1. The molecule has 0 heterocycles. The summed E-state index contributed by atoms with van der Waals surface area (Å²) in [7, 11) is -4.00. The minimum Gasteiger partial charge on any atom is -0.354 e. The molecule has 36 heavy (non-hydrogen) atoms. The Labute approximate surface area is 220 Å². The first kappa shape index (κ1) is 29.2. The number of amides is 2. The Morgan fingerprint density at radius 2 is 1.81 bits per heavy atom. The molecule has 0 saturated heterocycles. The highest BCUT2D eigenvalue weighted by Crippen LogP contribution is 2.28. The van der Waals surface area contributed by atoms with Crippen LogP contribution in [0.15, 0.2) is 46.9 Å². The second kappa shape index (κ2) is 12.8. The second-order valence-corrected chi connectivity index (χ2v) is 11.3. The maximum atomic E-state index is 13.5. The topological polar surface area (TPSA) is 130 Å². The number of sulfonamides is 1. The zero-order valence-electron chi connectivity index (χ0n) is 20.7. The van der Waals surface area contributed by atoms with Crippen molar-refractivity contribution in [2.24, 2.45) is 0 Å². The van der Waals surface area contributed by atoms with E-state index in [2.05, 4.69) is 21.2 Å². The van der Waals surface area contributed by atoms with Gasteiger partial charge in [-0.25, -0.2) is 8.42 Å². The van der Waals surface area contributed by atoms with Crippen molar-refractivity contribution >= 4 is 49.1 Å². The highest BCUT2D eigenvalue weighted by Gasteiger charge is 2.31. The maximum absolute atomic E-state index is 13.5. The van der Waals surface area contributed by atoms with E-state index in [-0.39, 0.29) is 23.8 Å². The molecular weight excluding hydrogens is 552 g/mol. The van der Waals surface area contributed by atoms with Crippen LogP contribution in [0.25, 0.3) is 0 Å². The van der Waals surface area contributed by atoms with Gasteiger partial charge in [0.2, 0.25) is 21.8 Å². The van der Waals surface area contributed by atoms with E-state index in [9.17, 15) is 28.1 Å². The van der Waals surface area contributed by atoms with E-state index < -0.39 is 33.4 Å². The van der Waals surface area contributed by atoms with Gasteiger partial charge in [-0.3, -0.25) is 24.0 Å². The summed E-state index contributed by atoms with van der Waals surface area (Å²) in [6, 6.07) is 10.1. The number of unbranched alkanes of at least 4 members (excludes halogenated alkanes) is 1. The van der Waals surface area contributed by atoms with Gasteiger partial charge in [-0.2, -0.15) is 0 Å². The Morgan fingerprint density at radius 1 is 1.17 bits per heavy atom. The van der Waals surface area contributed by atoms with Crippen molar-refractivity contribution in [3.8, 4) is 0 Å². The highest BCUT2D eigenvalue weighted by molar-refractivity contribution is 9.10. The summed E-state index contributed by atoms with van der Waals surface area (Å²) in [4.78, 5) is 38.3. The summed E-state index contributed by atoms with van der Waals surface area (Å²) in [6.07, 6.45) is 2.60. The molecule has 0 radical (unpaired) electrons. The van der Waals surface area contributed by atoms with E-state index in [1.165, 1.54) is 17.0 Å². The van der Waals surface area contributed by atoms with E-state index in [1.807, 2.05) is 6.92 Å². The minimum atomic E-state index is -4.00. The molecule has 10 nitrogen and oxygen atoms in total. The number of rotatable bonds is 12. The zero-order valence-corrected chi connectivity index (χ0v) is 23.1. The van der Waals surface area contributed by atoms with Crippen LogP contribution in [0.5, 0.6) is 0 Å².